The maximum absolute atomic E-state index is 12.7. The van der Waals surface area contributed by atoms with Gasteiger partial charge in [-0.3, -0.25) is 19.3 Å². The third-order valence-corrected chi connectivity index (χ3v) is 6.08. The minimum Gasteiger partial charge on any atom is -0.347 e. The van der Waals surface area contributed by atoms with E-state index in [-0.39, 0.29) is 30.7 Å². The maximum Gasteiger partial charge on any atom is 0.242 e. The Morgan fingerprint density at radius 1 is 0.938 bits per heavy atom. The first-order valence-corrected chi connectivity index (χ1v) is 11.5. The summed E-state index contributed by atoms with van der Waals surface area (Å²) in [6.45, 7) is 8.48. The molecule has 3 rings (SSSR count). The van der Waals surface area contributed by atoms with Gasteiger partial charge in [0, 0.05) is 39.3 Å². The van der Waals surface area contributed by atoms with Crippen LogP contribution in [-0.2, 0) is 20.8 Å². The molecule has 0 atom stereocenters. The zero-order chi connectivity index (χ0) is 22.9. The van der Waals surface area contributed by atoms with E-state index in [9.17, 15) is 14.4 Å². The Morgan fingerprint density at radius 2 is 1.69 bits per heavy atom. The van der Waals surface area contributed by atoms with Crippen molar-refractivity contribution in [1.29, 1.82) is 0 Å². The molecule has 0 spiro atoms. The molecule has 2 aromatic carbocycles. The fourth-order valence-corrected chi connectivity index (χ4v) is 4.21. The Kier molecular flexibility index (Phi) is 8.62. The van der Waals surface area contributed by atoms with Crippen LogP contribution in [0.5, 0.6) is 0 Å². The van der Waals surface area contributed by atoms with E-state index in [0.717, 1.165) is 29.3 Å². The fraction of sp³-hybridized carbons (Fsp3) is 0.480. The highest BCUT2D eigenvalue weighted by Crippen LogP contribution is 2.18. The average Bonchev–Trinajstić information content (AvgIpc) is 3.04. The van der Waals surface area contributed by atoms with Crippen molar-refractivity contribution in [3.8, 4) is 0 Å². The largest absolute Gasteiger partial charge is 0.347 e. The number of likely N-dealkylation sites (N-methyl/N-ethyl adjacent to an activating group) is 1. The van der Waals surface area contributed by atoms with Crippen LogP contribution in [0.1, 0.15) is 25.8 Å². The van der Waals surface area contributed by atoms with E-state index in [4.69, 9.17) is 0 Å². The van der Waals surface area contributed by atoms with Crippen LogP contribution >= 0.6 is 0 Å². The number of rotatable bonds is 8. The molecule has 0 aliphatic carbocycles. The molecule has 172 valence electrons. The molecule has 1 heterocycles. The van der Waals surface area contributed by atoms with E-state index in [0.29, 0.717) is 39.3 Å². The lowest BCUT2D eigenvalue weighted by Gasteiger charge is -2.25. The molecule has 1 fully saturated rings. The van der Waals surface area contributed by atoms with E-state index >= 15 is 0 Å². The minimum absolute atomic E-state index is 0.00196. The van der Waals surface area contributed by atoms with Crippen LogP contribution in [0.15, 0.2) is 42.5 Å². The molecule has 7 nitrogen and oxygen atoms in total. The van der Waals surface area contributed by atoms with E-state index in [1.54, 1.807) is 4.90 Å². The van der Waals surface area contributed by atoms with Gasteiger partial charge in [0.05, 0.1) is 19.5 Å². The van der Waals surface area contributed by atoms with Crippen molar-refractivity contribution >= 4 is 28.5 Å². The van der Waals surface area contributed by atoms with Crippen LogP contribution in [-0.4, -0.2) is 84.8 Å². The number of amides is 3. The SMILES string of the molecule is CCN(CC)C(=O)CN1CCCN(C(=O)CNC(=O)Cc2cccc3ccccc23)CC1. The van der Waals surface area contributed by atoms with Gasteiger partial charge < -0.3 is 15.1 Å². The lowest BCUT2D eigenvalue weighted by Crippen LogP contribution is -2.43. The van der Waals surface area contributed by atoms with Gasteiger partial charge in [0.2, 0.25) is 17.7 Å². The van der Waals surface area contributed by atoms with Crippen molar-refractivity contribution in [3.63, 3.8) is 0 Å². The van der Waals surface area contributed by atoms with Crippen molar-refractivity contribution in [3.05, 3.63) is 48.0 Å². The number of nitrogens with one attached hydrogen (secondary N) is 1. The highest BCUT2D eigenvalue weighted by atomic mass is 16.2. The normalized spacial score (nSPS) is 14.8. The first-order valence-electron chi connectivity index (χ1n) is 11.5. The first-order chi connectivity index (χ1) is 15.5. The molecule has 0 saturated carbocycles. The summed E-state index contributed by atoms with van der Waals surface area (Å²) in [5.74, 6) is -0.0976. The Bertz CT molecular complexity index is 936. The van der Waals surface area contributed by atoms with Crippen molar-refractivity contribution < 1.29 is 14.4 Å². The van der Waals surface area contributed by atoms with E-state index in [2.05, 4.69) is 10.2 Å². The molecule has 0 aromatic heterocycles. The summed E-state index contributed by atoms with van der Waals surface area (Å²) in [7, 11) is 0. The maximum atomic E-state index is 12.7. The van der Waals surface area contributed by atoms with Gasteiger partial charge in [-0.05, 0) is 36.6 Å². The summed E-state index contributed by atoms with van der Waals surface area (Å²) < 4.78 is 0. The van der Waals surface area contributed by atoms with Crippen molar-refractivity contribution in [2.75, 3.05) is 52.4 Å². The van der Waals surface area contributed by atoms with Crippen molar-refractivity contribution in [1.82, 2.24) is 20.0 Å². The van der Waals surface area contributed by atoms with Gasteiger partial charge in [-0.2, -0.15) is 0 Å². The molecule has 1 saturated heterocycles. The summed E-state index contributed by atoms with van der Waals surface area (Å²) in [6.07, 6.45) is 1.07. The van der Waals surface area contributed by atoms with Crippen molar-refractivity contribution in [2.24, 2.45) is 0 Å². The van der Waals surface area contributed by atoms with Gasteiger partial charge in [0.25, 0.3) is 0 Å². The summed E-state index contributed by atoms with van der Waals surface area (Å²) >= 11 is 0. The third kappa shape index (κ3) is 6.29. The van der Waals surface area contributed by atoms with E-state index < -0.39 is 0 Å². The predicted octanol–water partition coefficient (Wildman–Crippen LogP) is 1.90. The van der Waals surface area contributed by atoms with Crippen LogP contribution in [0.4, 0.5) is 0 Å². The molecule has 2 aromatic rings. The minimum atomic E-state index is -0.157. The zero-order valence-electron chi connectivity index (χ0n) is 19.2. The molecule has 0 unspecified atom stereocenters. The second-order valence-corrected chi connectivity index (χ2v) is 8.17. The van der Waals surface area contributed by atoms with Crippen LogP contribution < -0.4 is 5.32 Å². The molecule has 1 N–H and O–H groups in total. The summed E-state index contributed by atoms with van der Waals surface area (Å²) in [5.41, 5.74) is 0.955. The number of hydrogen-bond donors (Lipinski definition) is 1. The van der Waals surface area contributed by atoms with E-state index in [1.165, 1.54) is 0 Å². The standard InChI is InChI=1S/C25H34N4O3/c1-3-28(4-2)25(32)19-27-13-8-14-29(16-15-27)24(31)18-26-23(30)17-21-11-7-10-20-9-5-6-12-22(20)21/h5-7,9-12H,3-4,8,13-19H2,1-2H3,(H,26,30). The monoisotopic (exact) mass is 438 g/mol. The number of benzene rings is 2. The zero-order valence-corrected chi connectivity index (χ0v) is 19.2. The lowest BCUT2D eigenvalue weighted by atomic mass is 10.0. The van der Waals surface area contributed by atoms with Gasteiger partial charge in [0.1, 0.15) is 0 Å². The van der Waals surface area contributed by atoms with Crippen LogP contribution in [0, 0.1) is 0 Å². The van der Waals surface area contributed by atoms with Crippen molar-refractivity contribution in [2.45, 2.75) is 26.7 Å². The van der Waals surface area contributed by atoms with Crippen LogP contribution in [0.3, 0.4) is 0 Å². The van der Waals surface area contributed by atoms with Crippen LogP contribution in [0.25, 0.3) is 10.8 Å². The molecule has 0 radical (unpaired) electrons. The molecular formula is C25H34N4O3. The van der Waals surface area contributed by atoms with Crippen LogP contribution in [0.2, 0.25) is 0 Å². The van der Waals surface area contributed by atoms with Gasteiger partial charge in [-0.15, -0.1) is 0 Å². The number of carbonyl (C=O) groups is 3. The summed E-state index contributed by atoms with van der Waals surface area (Å²) in [4.78, 5) is 43.2. The quantitative estimate of drug-likeness (QED) is 0.683. The van der Waals surface area contributed by atoms with Gasteiger partial charge in [-0.25, -0.2) is 0 Å². The smallest absolute Gasteiger partial charge is 0.242 e. The topological polar surface area (TPSA) is 73.0 Å². The third-order valence-electron chi connectivity index (χ3n) is 6.08. The predicted molar refractivity (Wildman–Crippen MR) is 126 cm³/mol. The lowest BCUT2D eigenvalue weighted by molar-refractivity contribution is -0.132. The number of carbonyl (C=O) groups excluding carboxylic acids is 3. The first kappa shape index (κ1) is 23.7. The Balaban J connectivity index is 1.46. The fourth-order valence-electron chi connectivity index (χ4n) is 4.21. The average molecular weight is 439 g/mol. The molecule has 3 amide bonds. The highest BCUT2D eigenvalue weighted by Gasteiger charge is 2.22. The number of fused-ring (bicyclic) bond motifs is 1. The second-order valence-electron chi connectivity index (χ2n) is 8.17. The Labute approximate surface area is 190 Å². The molecule has 32 heavy (non-hydrogen) atoms. The van der Waals surface area contributed by atoms with Gasteiger partial charge >= 0.3 is 0 Å². The summed E-state index contributed by atoms with van der Waals surface area (Å²) in [5, 5.41) is 4.94. The number of hydrogen-bond acceptors (Lipinski definition) is 4. The Hall–Kier alpha value is -2.93. The molecule has 1 aliphatic rings. The second kappa shape index (κ2) is 11.6. The molecule has 1 aliphatic heterocycles. The van der Waals surface area contributed by atoms with E-state index in [1.807, 2.05) is 61.2 Å². The summed E-state index contributed by atoms with van der Waals surface area (Å²) in [6, 6.07) is 13.9. The van der Waals surface area contributed by atoms with Gasteiger partial charge in [-0.1, -0.05) is 42.5 Å². The number of nitrogens with zero attached hydrogens (tertiary/aromatic N) is 3. The van der Waals surface area contributed by atoms with Gasteiger partial charge in [0.15, 0.2) is 0 Å². The Morgan fingerprint density at radius 3 is 2.47 bits per heavy atom. The molecular weight excluding hydrogens is 404 g/mol. The molecule has 7 heteroatoms. The highest BCUT2D eigenvalue weighted by molar-refractivity contribution is 5.91. The molecule has 0 bridgehead atoms.